The maximum absolute atomic E-state index is 14.0. The highest BCUT2D eigenvalue weighted by molar-refractivity contribution is 5.38. The first-order valence-corrected chi connectivity index (χ1v) is 11.2. The first-order valence-electron chi connectivity index (χ1n) is 11.2. The molecule has 0 atom stereocenters. The van der Waals surface area contributed by atoms with E-state index in [-0.39, 0.29) is 17.9 Å². The lowest BCUT2D eigenvalue weighted by Gasteiger charge is -2.29. The van der Waals surface area contributed by atoms with Crippen LogP contribution in [0.3, 0.4) is 0 Å². The summed E-state index contributed by atoms with van der Waals surface area (Å²) in [6.07, 6.45) is 12.0. The summed E-state index contributed by atoms with van der Waals surface area (Å²) in [5.74, 6) is -0.929. The Morgan fingerprint density at radius 2 is 1.67 bits per heavy atom. The van der Waals surface area contributed by atoms with E-state index in [2.05, 4.69) is 19.1 Å². The normalized spacial score (nSPS) is 18.7. The molecule has 160 valence electrons. The molecule has 0 aliphatic heterocycles. The van der Waals surface area contributed by atoms with Crippen molar-refractivity contribution < 1.29 is 13.5 Å². The number of unbranched alkanes of at least 4 members (excludes halogenated alkanes) is 3. The summed E-state index contributed by atoms with van der Waals surface area (Å²) in [6.45, 7) is 2.42. The minimum absolute atomic E-state index is 0.160. The van der Waals surface area contributed by atoms with Gasteiger partial charge in [-0.15, -0.1) is 0 Å². The molecule has 0 aromatic heterocycles. The van der Waals surface area contributed by atoms with Crippen LogP contribution >= 0.6 is 0 Å². The van der Waals surface area contributed by atoms with E-state index >= 15 is 0 Å². The van der Waals surface area contributed by atoms with Crippen LogP contribution in [0.4, 0.5) is 8.78 Å². The number of hydrogen-bond donors (Lipinski definition) is 0. The molecule has 0 amide bonds. The molecule has 1 aliphatic rings. The topological polar surface area (TPSA) is 33.0 Å². The van der Waals surface area contributed by atoms with Crippen LogP contribution in [0.1, 0.15) is 87.3 Å². The second-order valence-electron chi connectivity index (χ2n) is 8.45. The molecule has 1 aliphatic carbocycles. The van der Waals surface area contributed by atoms with Crippen molar-refractivity contribution in [3.63, 3.8) is 0 Å². The Hall–Kier alpha value is -2.41. The van der Waals surface area contributed by atoms with Crippen molar-refractivity contribution >= 4 is 0 Å². The molecule has 0 N–H and O–H groups in total. The monoisotopic (exact) mass is 411 g/mol. The minimum Gasteiger partial charge on any atom is -0.486 e. The van der Waals surface area contributed by atoms with Crippen LogP contribution in [0.25, 0.3) is 0 Å². The Labute approximate surface area is 178 Å². The lowest BCUT2D eigenvalue weighted by molar-refractivity contribution is 0.284. The van der Waals surface area contributed by atoms with Gasteiger partial charge in [0.1, 0.15) is 12.7 Å². The first kappa shape index (κ1) is 22.3. The third-order valence-corrected chi connectivity index (χ3v) is 6.33. The van der Waals surface area contributed by atoms with Crippen LogP contribution in [0.2, 0.25) is 0 Å². The second kappa shape index (κ2) is 11.1. The number of hydrogen-bond acceptors (Lipinski definition) is 2. The fourth-order valence-corrected chi connectivity index (χ4v) is 4.42. The summed E-state index contributed by atoms with van der Waals surface area (Å²) in [7, 11) is 0. The first-order chi connectivity index (χ1) is 14.6. The van der Waals surface area contributed by atoms with Crippen molar-refractivity contribution in [2.24, 2.45) is 5.92 Å². The van der Waals surface area contributed by atoms with Gasteiger partial charge in [0.25, 0.3) is 0 Å². The zero-order valence-electron chi connectivity index (χ0n) is 17.8. The maximum atomic E-state index is 14.0. The van der Waals surface area contributed by atoms with Crippen molar-refractivity contribution in [2.75, 3.05) is 0 Å². The smallest absolute Gasteiger partial charge is 0.202 e. The Morgan fingerprint density at radius 3 is 2.33 bits per heavy atom. The third kappa shape index (κ3) is 5.81. The molecule has 2 aromatic carbocycles. The molecule has 3 rings (SSSR count). The second-order valence-corrected chi connectivity index (χ2v) is 8.45. The van der Waals surface area contributed by atoms with E-state index in [9.17, 15) is 8.78 Å². The number of benzene rings is 2. The predicted molar refractivity (Wildman–Crippen MR) is 115 cm³/mol. The van der Waals surface area contributed by atoms with Crippen LogP contribution in [0.5, 0.6) is 5.75 Å². The van der Waals surface area contributed by atoms with Crippen LogP contribution < -0.4 is 4.74 Å². The molecule has 2 aromatic rings. The zero-order chi connectivity index (χ0) is 21.3. The van der Waals surface area contributed by atoms with Gasteiger partial charge in [-0.25, -0.2) is 4.39 Å². The van der Waals surface area contributed by atoms with Gasteiger partial charge in [-0.2, -0.15) is 9.65 Å². The van der Waals surface area contributed by atoms with Gasteiger partial charge >= 0.3 is 0 Å². The highest BCUT2D eigenvalue weighted by Gasteiger charge is 2.22. The lowest BCUT2D eigenvalue weighted by atomic mass is 9.77. The van der Waals surface area contributed by atoms with Gasteiger partial charge in [0.05, 0.1) is 5.56 Å². The Kier molecular flexibility index (Phi) is 8.25. The standard InChI is InChI=1S/C26H31F2NO/c1-2-3-4-5-6-19-7-11-21(12-8-19)22-13-9-20(10-14-22)18-30-24-16-15-23(17-29)25(27)26(24)28/h9-10,13-16,19,21H,2-8,11-12,18H2,1H3/t19-,21-. The Bertz CT molecular complexity index is 849. The largest absolute Gasteiger partial charge is 0.486 e. The SMILES string of the molecule is CCCCCC[C@H]1CC[C@H](c2ccc(COc3ccc(C#N)c(F)c3F)cc2)CC1. The average Bonchev–Trinajstić information content (AvgIpc) is 2.79. The summed E-state index contributed by atoms with van der Waals surface area (Å²) in [4.78, 5) is 0. The average molecular weight is 412 g/mol. The van der Waals surface area contributed by atoms with Crippen molar-refractivity contribution in [3.8, 4) is 11.8 Å². The molecule has 0 radical (unpaired) electrons. The molecule has 2 nitrogen and oxygen atoms in total. The summed E-state index contributed by atoms with van der Waals surface area (Å²) >= 11 is 0. The van der Waals surface area contributed by atoms with Crippen LogP contribution in [-0.4, -0.2) is 0 Å². The van der Waals surface area contributed by atoms with E-state index in [1.54, 1.807) is 6.07 Å². The highest BCUT2D eigenvalue weighted by Crippen LogP contribution is 2.38. The molecule has 1 saturated carbocycles. The highest BCUT2D eigenvalue weighted by atomic mass is 19.2. The number of halogens is 2. The van der Waals surface area contributed by atoms with E-state index in [1.807, 2.05) is 12.1 Å². The fraction of sp³-hybridized carbons (Fsp3) is 0.500. The summed E-state index contributed by atoms with van der Waals surface area (Å²) < 4.78 is 33.1. The predicted octanol–water partition coefficient (Wildman–Crippen LogP) is 7.66. The summed E-state index contributed by atoms with van der Waals surface area (Å²) in [6, 6.07) is 12.4. The lowest BCUT2D eigenvalue weighted by Crippen LogP contribution is -2.13. The van der Waals surface area contributed by atoms with Crippen LogP contribution in [0.15, 0.2) is 36.4 Å². The number of nitriles is 1. The van der Waals surface area contributed by atoms with Gasteiger partial charge in [-0.3, -0.25) is 0 Å². The molecule has 30 heavy (non-hydrogen) atoms. The molecular weight excluding hydrogens is 380 g/mol. The molecule has 0 unspecified atom stereocenters. The van der Waals surface area contributed by atoms with Gasteiger partial charge in [0, 0.05) is 0 Å². The number of rotatable bonds is 9. The fourth-order valence-electron chi connectivity index (χ4n) is 4.42. The minimum atomic E-state index is -1.16. The molecule has 0 spiro atoms. The zero-order valence-corrected chi connectivity index (χ0v) is 17.8. The quantitative estimate of drug-likeness (QED) is 0.397. The van der Waals surface area contributed by atoms with Crippen molar-refractivity contribution in [2.45, 2.75) is 77.2 Å². The van der Waals surface area contributed by atoms with Crippen LogP contribution in [0, 0.1) is 28.9 Å². The van der Waals surface area contributed by atoms with Crippen molar-refractivity contribution in [1.29, 1.82) is 5.26 Å². The molecule has 4 heteroatoms. The molecule has 0 heterocycles. The molecule has 1 fully saturated rings. The van der Waals surface area contributed by atoms with Crippen molar-refractivity contribution in [3.05, 3.63) is 64.7 Å². The van der Waals surface area contributed by atoms with Gasteiger partial charge in [-0.1, -0.05) is 63.3 Å². The van der Waals surface area contributed by atoms with Gasteiger partial charge < -0.3 is 4.74 Å². The van der Waals surface area contributed by atoms with Crippen molar-refractivity contribution in [1.82, 2.24) is 0 Å². The number of ether oxygens (including phenoxy) is 1. The molecule has 0 bridgehead atoms. The van der Waals surface area contributed by atoms with E-state index in [0.717, 1.165) is 11.5 Å². The summed E-state index contributed by atoms with van der Waals surface area (Å²) in [5.41, 5.74) is 1.95. The van der Waals surface area contributed by atoms with Gasteiger partial charge in [-0.05, 0) is 60.8 Å². The third-order valence-electron chi connectivity index (χ3n) is 6.33. The van der Waals surface area contributed by atoms with E-state index in [1.165, 1.54) is 75.5 Å². The van der Waals surface area contributed by atoms with E-state index in [4.69, 9.17) is 10.00 Å². The number of nitrogens with zero attached hydrogens (tertiary/aromatic N) is 1. The van der Waals surface area contributed by atoms with Gasteiger partial charge in [0.2, 0.25) is 5.82 Å². The van der Waals surface area contributed by atoms with E-state index < -0.39 is 11.6 Å². The Balaban J connectivity index is 1.48. The molecular formula is C26H31F2NO. The van der Waals surface area contributed by atoms with E-state index in [0.29, 0.717) is 5.92 Å². The molecule has 0 saturated heterocycles. The van der Waals surface area contributed by atoms with Gasteiger partial charge in [0.15, 0.2) is 11.6 Å². The Morgan fingerprint density at radius 1 is 0.933 bits per heavy atom. The summed E-state index contributed by atoms with van der Waals surface area (Å²) in [5, 5.41) is 8.75. The maximum Gasteiger partial charge on any atom is 0.202 e. The van der Waals surface area contributed by atoms with Crippen LogP contribution in [-0.2, 0) is 6.61 Å².